The van der Waals surface area contributed by atoms with E-state index in [0.29, 0.717) is 33.5 Å². The first-order chi connectivity index (χ1) is 17.7. The van der Waals surface area contributed by atoms with Crippen LogP contribution in [0.5, 0.6) is 0 Å². The molecule has 0 radical (unpaired) electrons. The van der Waals surface area contributed by atoms with E-state index < -0.39 is 15.5 Å². The molecule has 0 bridgehead atoms. The summed E-state index contributed by atoms with van der Waals surface area (Å²) in [5, 5.41) is 0.290. The number of benzene rings is 1. The molecule has 0 aliphatic carbocycles. The van der Waals surface area contributed by atoms with E-state index in [4.69, 9.17) is 21.6 Å². The predicted octanol–water partition coefficient (Wildman–Crippen LogP) is 4.19. The average molecular weight is 533 g/mol. The van der Waals surface area contributed by atoms with Gasteiger partial charge in [0.05, 0.1) is 11.4 Å². The summed E-state index contributed by atoms with van der Waals surface area (Å²) in [7, 11) is -3.87. The van der Waals surface area contributed by atoms with Crippen LogP contribution in [-0.2, 0) is 16.6 Å². The van der Waals surface area contributed by atoms with Gasteiger partial charge in [0.15, 0.2) is 11.2 Å². The summed E-state index contributed by atoms with van der Waals surface area (Å²) in [6.45, 7) is 3.34. The van der Waals surface area contributed by atoms with E-state index >= 15 is 0 Å². The van der Waals surface area contributed by atoms with Crippen molar-refractivity contribution in [1.29, 1.82) is 0 Å². The third-order valence-corrected chi connectivity index (χ3v) is 7.26. The van der Waals surface area contributed by atoms with Crippen molar-refractivity contribution in [2.24, 2.45) is 0 Å². The average Bonchev–Trinajstić information content (AvgIpc) is 2.88. The minimum absolute atomic E-state index is 0.00911. The highest BCUT2D eigenvalue weighted by Crippen LogP contribution is 2.31. The number of nitrogens with zero attached hydrogens (tertiary/aromatic N) is 4. The van der Waals surface area contributed by atoms with Crippen LogP contribution in [0.15, 0.2) is 76.7 Å². The fourth-order valence-electron chi connectivity index (χ4n) is 3.83. The molecule has 4 aromatic heterocycles. The van der Waals surface area contributed by atoms with Gasteiger partial charge in [-0.3, -0.25) is 9.78 Å². The number of pyridine rings is 3. The molecular weight excluding hydrogens is 512 g/mol. The van der Waals surface area contributed by atoms with Crippen molar-refractivity contribution in [2.45, 2.75) is 25.3 Å². The number of H-pyrrole nitrogens is 1. The molecular formula is C26H21ClN6O3S. The first-order valence-electron chi connectivity index (χ1n) is 11.3. The number of halogens is 1. The Morgan fingerprint density at radius 1 is 0.919 bits per heavy atom. The summed E-state index contributed by atoms with van der Waals surface area (Å²) in [5.74, 6) is 0. The Kier molecular flexibility index (Phi) is 6.55. The quantitative estimate of drug-likeness (QED) is 0.313. The van der Waals surface area contributed by atoms with Crippen LogP contribution in [0, 0.1) is 13.8 Å². The maximum atomic E-state index is 13.4. The highest BCUT2D eigenvalue weighted by Gasteiger charge is 2.19. The van der Waals surface area contributed by atoms with Crippen molar-refractivity contribution in [3.05, 3.63) is 99.3 Å². The smallest absolute Gasteiger partial charge is 0.242 e. The minimum Gasteiger partial charge on any atom is -0.344 e. The predicted molar refractivity (Wildman–Crippen MR) is 142 cm³/mol. The maximum Gasteiger partial charge on any atom is 0.242 e. The van der Waals surface area contributed by atoms with Gasteiger partial charge in [-0.1, -0.05) is 41.9 Å². The molecule has 5 rings (SSSR count). The van der Waals surface area contributed by atoms with E-state index in [1.807, 2.05) is 43.3 Å². The second-order valence-electron chi connectivity index (χ2n) is 8.41. The monoisotopic (exact) mass is 532 g/mol. The van der Waals surface area contributed by atoms with Crippen LogP contribution in [0.1, 0.15) is 17.0 Å². The fraction of sp³-hybridized carbons (Fsp3) is 0.115. The molecule has 0 spiro atoms. The number of aryl methyl sites for hydroxylation is 2. The Bertz CT molecular complexity index is 1770. The molecule has 9 nitrogen and oxygen atoms in total. The largest absolute Gasteiger partial charge is 0.344 e. The SMILES string of the molecule is Cc1ccc(S(=O)(=O)NCc2c[nH]c3nc(-c4ccccc4)c(-c4cc(C)nc(Cl)c4)nc3c2=O)cn1. The molecule has 2 N–H and O–H groups in total. The zero-order valence-corrected chi connectivity index (χ0v) is 21.4. The lowest BCUT2D eigenvalue weighted by atomic mass is 10.0. The van der Waals surface area contributed by atoms with E-state index in [2.05, 4.69) is 19.7 Å². The standard InChI is InChI=1S/C26H21ClN6O3S/c1-15-8-9-20(14-28-15)37(35,36)30-13-19-12-29-26-24(25(19)34)32-23(18-10-16(2)31-21(27)11-18)22(33-26)17-6-4-3-5-7-17/h3-12,14,30H,13H2,1-2H3,(H,29,33,34). The van der Waals surface area contributed by atoms with E-state index in [1.54, 1.807) is 19.1 Å². The van der Waals surface area contributed by atoms with Crippen molar-refractivity contribution < 1.29 is 8.42 Å². The van der Waals surface area contributed by atoms with Crippen LogP contribution in [0.3, 0.4) is 0 Å². The van der Waals surface area contributed by atoms with Crippen LogP contribution in [-0.4, -0.2) is 33.3 Å². The summed E-state index contributed by atoms with van der Waals surface area (Å²) in [5.41, 5.74) is 3.96. The van der Waals surface area contributed by atoms with Gasteiger partial charge in [0.2, 0.25) is 15.5 Å². The summed E-state index contributed by atoms with van der Waals surface area (Å²) in [6.07, 6.45) is 2.71. The van der Waals surface area contributed by atoms with E-state index in [0.717, 1.165) is 5.56 Å². The third-order valence-electron chi connectivity index (χ3n) is 5.68. The highest BCUT2D eigenvalue weighted by atomic mass is 35.5. The van der Waals surface area contributed by atoms with Gasteiger partial charge in [0, 0.05) is 47.0 Å². The highest BCUT2D eigenvalue weighted by molar-refractivity contribution is 7.89. The Morgan fingerprint density at radius 2 is 1.68 bits per heavy atom. The van der Waals surface area contributed by atoms with Gasteiger partial charge in [0.1, 0.15) is 10.0 Å². The Balaban J connectivity index is 1.60. The van der Waals surface area contributed by atoms with Crippen LogP contribution in [0.2, 0.25) is 5.15 Å². The van der Waals surface area contributed by atoms with Crippen molar-refractivity contribution in [3.8, 4) is 22.5 Å². The van der Waals surface area contributed by atoms with Crippen molar-refractivity contribution in [3.63, 3.8) is 0 Å². The third kappa shape index (κ3) is 5.12. The maximum absolute atomic E-state index is 13.4. The topological polar surface area (TPSA) is 131 Å². The number of sulfonamides is 1. The molecule has 0 saturated carbocycles. The number of hydrogen-bond donors (Lipinski definition) is 2. The Morgan fingerprint density at radius 3 is 2.38 bits per heavy atom. The Labute approximate surface area is 217 Å². The summed E-state index contributed by atoms with van der Waals surface area (Å²) < 4.78 is 27.8. The van der Waals surface area contributed by atoms with Gasteiger partial charge in [-0.25, -0.2) is 28.1 Å². The van der Waals surface area contributed by atoms with Crippen LogP contribution in [0.4, 0.5) is 0 Å². The van der Waals surface area contributed by atoms with Gasteiger partial charge in [0.25, 0.3) is 0 Å². The van der Waals surface area contributed by atoms with Crippen molar-refractivity contribution in [1.82, 2.24) is 29.6 Å². The van der Waals surface area contributed by atoms with Crippen LogP contribution < -0.4 is 10.2 Å². The molecule has 11 heteroatoms. The van der Waals surface area contributed by atoms with Gasteiger partial charge < -0.3 is 4.98 Å². The summed E-state index contributed by atoms with van der Waals surface area (Å²) in [4.78, 5) is 34.0. The van der Waals surface area contributed by atoms with Gasteiger partial charge >= 0.3 is 0 Å². The first-order valence-corrected chi connectivity index (χ1v) is 13.1. The van der Waals surface area contributed by atoms with Crippen LogP contribution >= 0.6 is 11.6 Å². The van der Waals surface area contributed by atoms with Gasteiger partial charge in [-0.15, -0.1) is 0 Å². The molecule has 0 aliphatic heterocycles. The zero-order valence-electron chi connectivity index (χ0n) is 19.9. The molecule has 0 saturated heterocycles. The zero-order chi connectivity index (χ0) is 26.2. The number of rotatable bonds is 6. The number of aromatic amines is 1. The first kappa shape index (κ1) is 24.7. The molecule has 5 aromatic rings. The molecule has 1 aromatic carbocycles. The lowest BCUT2D eigenvalue weighted by Crippen LogP contribution is -2.27. The molecule has 0 amide bonds. The Hall–Kier alpha value is -3.99. The molecule has 4 heterocycles. The second-order valence-corrected chi connectivity index (χ2v) is 10.6. The van der Waals surface area contributed by atoms with Gasteiger partial charge in [-0.05, 0) is 38.1 Å². The molecule has 0 unspecified atom stereocenters. The van der Waals surface area contributed by atoms with Crippen LogP contribution in [0.25, 0.3) is 33.7 Å². The second kappa shape index (κ2) is 9.81. The molecule has 0 atom stereocenters. The van der Waals surface area contributed by atoms with Crippen molar-refractivity contribution >= 4 is 32.8 Å². The summed E-state index contributed by atoms with van der Waals surface area (Å²) in [6, 6.07) is 16.0. The minimum atomic E-state index is -3.87. The number of fused-ring (bicyclic) bond motifs is 1. The molecule has 0 aliphatic rings. The molecule has 186 valence electrons. The lowest BCUT2D eigenvalue weighted by molar-refractivity contribution is 0.580. The fourth-order valence-corrected chi connectivity index (χ4v) is 5.03. The molecule has 37 heavy (non-hydrogen) atoms. The summed E-state index contributed by atoms with van der Waals surface area (Å²) >= 11 is 6.22. The molecule has 0 fully saturated rings. The van der Waals surface area contributed by atoms with E-state index in [9.17, 15) is 13.2 Å². The van der Waals surface area contributed by atoms with Gasteiger partial charge in [-0.2, -0.15) is 0 Å². The number of nitrogens with one attached hydrogen (secondary N) is 2. The number of hydrogen-bond acceptors (Lipinski definition) is 7. The normalized spacial score (nSPS) is 11.6. The lowest BCUT2D eigenvalue weighted by Gasteiger charge is -2.12. The van der Waals surface area contributed by atoms with Crippen molar-refractivity contribution in [2.75, 3.05) is 0 Å². The number of aromatic nitrogens is 5. The van der Waals surface area contributed by atoms with E-state index in [-0.39, 0.29) is 28.2 Å². The van der Waals surface area contributed by atoms with E-state index in [1.165, 1.54) is 18.5 Å².